The van der Waals surface area contributed by atoms with E-state index in [0.717, 1.165) is 57.2 Å². The maximum absolute atomic E-state index is 6.22. The van der Waals surface area contributed by atoms with Crippen molar-refractivity contribution in [1.82, 2.24) is 24.5 Å². The van der Waals surface area contributed by atoms with Crippen molar-refractivity contribution in [2.24, 2.45) is 0 Å². The molecule has 0 fully saturated rings. The van der Waals surface area contributed by atoms with Gasteiger partial charge in [-0.15, -0.1) is 0 Å². The smallest absolute Gasteiger partial charge is 0.190 e. The molecule has 30 heavy (non-hydrogen) atoms. The van der Waals surface area contributed by atoms with Crippen LogP contribution in [0.3, 0.4) is 0 Å². The van der Waals surface area contributed by atoms with Gasteiger partial charge >= 0.3 is 0 Å². The average molecular weight is 397 g/mol. The number of hydrogen-bond acceptors (Lipinski definition) is 5. The number of nitrogens with one attached hydrogen (secondary N) is 1. The van der Waals surface area contributed by atoms with Gasteiger partial charge in [-0.05, 0) is 37.3 Å². The maximum atomic E-state index is 6.22. The number of imidazole rings is 1. The Labute approximate surface area is 172 Å². The molecule has 3 aromatic heterocycles. The Morgan fingerprint density at radius 2 is 2.00 bits per heavy atom. The van der Waals surface area contributed by atoms with Gasteiger partial charge in [-0.3, -0.25) is 0 Å². The molecule has 6 rings (SSSR count). The molecule has 0 saturated carbocycles. The Bertz CT molecular complexity index is 1390. The Morgan fingerprint density at radius 3 is 2.90 bits per heavy atom. The zero-order valence-electron chi connectivity index (χ0n) is 16.4. The molecule has 0 aliphatic carbocycles. The normalized spacial score (nSPS) is 15.7. The summed E-state index contributed by atoms with van der Waals surface area (Å²) in [5, 5.41) is 1.00. The van der Waals surface area contributed by atoms with Crippen LogP contribution in [-0.2, 0) is 6.54 Å². The number of para-hydroxylation sites is 2. The van der Waals surface area contributed by atoms with Crippen molar-refractivity contribution < 1.29 is 9.47 Å². The van der Waals surface area contributed by atoms with Crippen LogP contribution in [0.15, 0.2) is 61.1 Å². The summed E-state index contributed by atoms with van der Waals surface area (Å²) in [6.07, 6.45) is 3.21. The predicted octanol–water partition coefficient (Wildman–Crippen LogP) is 4.51. The van der Waals surface area contributed by atoms with Crippen LogP contribution in [0.4, 0.5) is 0 Å². The molecule has 0 amide bonds. The highest BCUT2D eigenvalue weighted by atomic mass is 16.6. The van der Waals surface area contributed by atoms with E-state index in [1.165, 1.54) is 0 Å². The lowest BCUT2D eigenvalue weighted by Gasteiger charge is -2.26. The van der Waals surface area contributed by atoms with E-state index in [4.69, 9.17) is 14.5 Å². The molecule has 1 N–H and O–H groups in total. The van der Waals surface area contributed by atoms with Gasteiger partial charge in [0.25, 0.3) is 0 Å². The molecule has 5 aromatic rings. The zero-order valence-corrected chi connectivity index (χ0v) is 16.4. The topological polar surface area (TPSA) is 77.8 Å². The quantitative estimate of drug-likeness (QED) is 0.485. The van der Waals surface area contributed by atoms with Gasteiger partial charge in [0.15, 0.2) is 23.4 Å². The molecule has 0 bridgehead atoms. The van der Waals surface area contributed by atoms with Crippen molar-refractivity contribution in [3.05, 3.63) is 66.9 Å². The summed E-state index contributed by atoms with van der Waals surface area (Å²) in [4.78, 5) is 16.9. The SMILES string of the molecule is CCn1c(C2COc3ccccc3O2)nc2ccc(-c3ncnc4[nH]ccc34)cc21. The summed E-state index contributed by atoms with van der Waals surface area (Å²) in [5.41, 5.74) is 4.74. The molecular formula is C23H19N5O2. The van der Waals surface area contributed by atoms with E-state index in [0.29, 0.717) is 6.61 Å². The summed E-state index contributed by atoms with van der Waals surface area (Å²) in [5.74, 6) is 2.39. The van der Waals surface area contributed by atoms with E-state index in [9.17, 15) is 0 Å². The molecule has 1 aliphatic heterocycles. The minimum atomic E-state index is -0.258. The van der Waals surface area contributed by atoms with Crippen LogP contribution in [0.2, 0.25) is 0 Å². The van der Waals surface area contributed by atoms with Crippen molar-refractivity contribution in [3.8, 4) is 22.8 Å². The Balaban J connectivity index is 1.46. The van der Waals surface area contributed by atoms with Gasteiger partial charge in [0.2, 0.25) is 0 Å². The lowest BCUT2D eigenvalue weighted by molar-refractivity contribution is 0.0829. The Kier molecular flexibility index (Phi) is 3.74. The first kappa shape index (κ1) is 17.0. The Hall–Kier alpha value is -3.87. The highest BCUT2D eigenvalue weighted by Gasteiger charge is 2.27. The second kappa shape index (κ2) is 6.59. The van der Waals surface area contributed by atoms with Gasteiger partial charge < -0.3 is 19.0 Å². The Morgan fingerprint density at radius 1 is 1.10 bits per heavy atom. The lowest BCUT2D eigenvalue weighted by Crippen LogP contribution is -2.24. The standard InChI is InChI=1S/C23H19N5O2/c1-2-28-17-11-14(21-15-9-10-24-22(15)26-13-25-21)7-8-16(17)27-23(28)20-12-29-18-5-3-4-6-19(18)30-20/h3-11,13,20H,2,12H2,1H3,(H,24,25,26). The minimum Gasteiger partial charge on any atom is -0.485 e. The summed E-state index contributed by atoms with van der Waals surface area (Å²) in [6.45, 7) is 3.33. The number of benzene rings is 2. The van der Waals surface area contributed by atoms with Crippen molar-refractivity contribution in [2.45, 2.75) is 19.6 Å². The molecule has 7 heteroatoms. The minimum absolute atomic E-state index is 0.258. The van der Waals surface area contributed by atoms with Gasteiger partial charge in [-0.1, -0.05) is 18.2 Å². The lowest BCUT2D eigenvalue weighted by atomic mass is 10.1. The van der Waals surface area contributed by atoms with Gasteiger partial charge in [0, 0.05) is 23.7 Å². The fraction of sp³-hybridized carbons (Fsp3) is 0.174. The molecule has 0 radical (unpaired) electrons. The molecule has 2 aromatic carbocycles. The highest BCUT2D eigenvalue weighted by molar-refractivity contribution is 5.93. The van der Waals surface area contributed by atoms with Crippen LogP contribution in [-0.4, -0.2) is 31.1 Å². The van der Waals surface area contributed by atoms with E-state index in [-0.39, 0.29) is 6.10 Å². The van der Waals surface area contributed by atoms with E-state index in [1.807, 2.05) is 42.6 Å². The average Bonchev–Trinajstić information content (AvgIpc) is 3.42. The molecule has 1 unspecified atom stereocenters. The third kappa shape index (κ3) is 2.55. The molecule has 4 heterocycles. The fourth-order valence-electron chi connectivity index (χ4n) is 4.12. The van der Waals surface area contributed by atoms with Gasteiger partial charge in [-0.25, -0.2) is 15.0 Å². The number of aromatic nitrogens is 5. The maximum Gasteiger partial charge on any atom is 0.190 e. The van der Waals surface area contributed by atoms with E-state index < -0.39 is 0 Å². The number of hydrogen-bond donors (Lipinski definition) is 1. The molecule has 1 aliphatic rings. The largest absolute Gasteiger partial charge is 0.485 e. The second-order valence-corrected chi connectivity index (χ2v) is 7.24. The number of nitrogens with zero attached hydrogens (tertiary/aromatic N) is 4. The number of H-pyrrole nitrogens is 1. The third-order valence-corrected chi connectivity index (χ3v) is 5.52. The first-order valence-corrected chi connectivity index (χ1v) is 9.99. The van der Waals surface area contributed by atoms with Crippen LogP contribution in [0, 0.1) is 0 Å². The molecule has 0 spiro atoms. The van der Waals surface area contributed by atoms with E-state index >= 15 is 0 Å². The van der Waals surface area contributed by atoms with Gasteiger partial charge in [0.1, 0.15) is 18.6 Å². The summed E-state index contributed by atoms with van der Waals surface area (Å²) >= 11 is 0. The van der Waals surface area contributed by atoms with Crippen molar-refractivity contribution in [3.63, 3.8) is 0 Å². The van der Waals surface area contributed by atoms with E-state index in [1.54, 1.807) is 6.33 Å². The van der Waals surface area contributed by atoms with Crippen LogP contribution < -0.4 is 9.47 Å². The van der Waals surface area contributed by atoms with Crippen molar-refractivity contribution in [1.29, 1.82) is 0 Å². The van der Waals surface area contributed by atoms with Gasteiger partial charge in [-0.2, -0.15) is 0 Å². The first-order valence-electron chi connectivity index (χ1n) is 9.99. The number of fused-ring (bicyclic) bond motifs is 3. The first-order chi connectivity index (χ1) is 14.8. The summed E-state index contributed by atoms with van der Waals surface area (Å²) in [6, 6.07) is 16.0. The zero-order chi connectivity index (χ0) is 20.1. The van der Waals surface area contributed by atoms with Crippen LogP contribution >= 0.6 is 0 Å². The van der Waals surface area contributed by atoms with Crippen LogP contribution in [0.1, 0.15) is 18.9 Å². The number of rotatable bonds is 3. The number of aromatic amines is 1. The fourth-order valence-corrected chi connectivity index (χ4v) is 4.12. The summed E-state index contributed by atoms with van der Waals surface area (Å²) in [7, 11) is 0. The summed E-state index contributed by atoms with van der Waals surface area (Å²) < 4.78 is 14.3. The molecular weight excluding hydrogens is 378 g/mol. The third-order valence-electron chi connectivity index (χ3n) is 5.52. The predicted molar refractivity (Wildman–Crippen MR) is 114 cm³/mol. The van der Waals surface area contributed by atoms with Crippen LogP contribution in [0.25, 0.3) is 33.3 Å². The van der Waals surface area contributed by atoms with E-state index in [2.05, 4.69) is 38.6 Å². The van der Waals surface area contributed by atoms with Crippen LogP contribution in [0.5, 0.6) is 11.5 Å². The number of aryl methyl sites for hydroxylation is 1. The van der Waals surface area contributed by atoms with Crippen molar-refractivity contribution in [2.75, 3.05) is 6.61 Å². The second-order valence-electron chi connectivity index (χ2n) is 7.24. The number of ether oxygens (including phenoxy) is 2. The molecule has 7 nitrogen and oxygen atoms in total. The van der Waals surface area contributed by atoms with Gasteiger partial charge in [0.05, 0.1) is 16.7 Å². The molecule has 1 atom stereocenters. The highest BCUT2D eigenvalue weighted by Crippen LogP contribution is 2.37. The molecule has 0 saturated heterocycles. The molecule has 148 valence electrons. The van der Waals surface area contributed by atoms with Crippen molar-refractivity contribution >= 4 is 22.1 Å². The monoisotopic (exact) mass is 397 g/mol.